The lowest BCUT2D eigenvalue weighted by atomic mass is 9.92. The maximum absolute atomic E-state index is 10.3. The first-order valence-electron chi connectivity index (χ1n) is 4.69. The van der Waals surface area contributed by atoms with Crippen molar-refractivity contribution in [1.29, 1.82) is 0 Å². The maximum atomic E-state index is 10.3. The summed E-state index contributed by atoms with van der Waals surface area (Å²) in [6, 6.07) is 5.79. The fourth-order valence-corrected chi connectivity index (χ4v) is 3.11. The van der Waals surface area contributed by atoms with Gasteiger partial charge in [-0.05, 0) is 36.3 Å². The summed E-state index contributed by atoms with van der Waals surface area (Å²) in [5.41, 5.74) is 1.42. The largest absolute Gasteiger partial charge is 0.384 e. The van der Waals surface area contributed by atoms with Gasteiger partial charge in [0.1, 0.15) is 0 Å². The summed E-state index contributed by atoms with van der Waals surface area (Å²) in [5.74, 6) is 1.84. The van der Waals surface area contributed by atoms with Crippen molar-refractivity contribution in [2.75, 3.05) is 11.5 Å². The summed E-state index contributed by atoms with van der Waals surface area (Å²) in [5, 5.41) is 11.1. The van der Waals surface area contributed by atoms with Gasteiger partial charge in [-0.1, -0.05) is 23.7 Å². The first-order valence-corrected chi connectivity index (χ1v) is 6.22. The first-order chi connectivity index (χ1) is 6.62. The minimum atomic E-state index is -0.625. The van der Waals surface area contributed by atoms with Gasteiger partial charge in [0, 0.05) is 10.8 Å². The minimum absolute atomic E-state index is 0.625. The molecule has 0 spiro atoms. The van der Waals surface area contributed by atoms with Crippen molar-refractivity contribution in [2.45, 2.75) is 18.9 Å². The molecule has 0 saturated carbocycles. The Hall–Kier alpha value is -0.180. The van der Waals surface area contributed by atoms with Crippen LogP contribution in [0.15, 0.2) is 18.2 Å². The lowest BCUT2D eigenvalue weighted by Crippen LogP contribution is -2.24. The van der Waals surface area contributed by atoms with Crippen molar-refractivity contribution >= 4 is 23.4 Å². The number of halogens is 1. The van der Waals surface area contributed by atoms with Crippen LogP contribution in [-0.2, 0) is 5.60 Å². The number of thioether (sulfide) groups is 1. The molecule has 2 rings (SSSR count). The molecule has 1 atom stereocenters. The molecule has 1 aromatic rings. The van der Waals surface area contributed by atoms with Gasteiger partial charge in [-0.15, -0.1) is 0 Å². The van der Waals surface area contributed by atoms with Crippen LogP contribution in [0.3, 0.4) is 0 Å². The van der Waals surface area contributed by atoms with E-state index in [-0.39, 0.29) is 0 Å². The van der Waals surface area contributed by atoms with E-state index < -0.39 is 5.60 Å². The summed E-state index contributed by atoms with van der Waals surface area (Å²) < 4.78 is 0. The topological polar surface area (TPSA) is 20.2 Å². The van der Waals surface area contributed by atoms with Crippen LogP contribution in [0.2, 0.25) is 5.02 Å². The zero-order valence-corrected chi connectivity index (χ0v) is 9.66. The van der Waals surface area contributed by atoms with E-state index in [1.807, 2.05) is 25.1 Å². The number of hydrogen-bond donors (Lipinski definition) is 1. The van der Waals surface area contributed by atoms with E-state index in [1.54, 1.807) is 11.8 Å². The van der Waals surface area contributed by atoms with Crippen LogP contribution in [0, 0.1) is 6.92 Å². The van der Waals surface area contributed by atoms with Gasteiger partial charge in [0.2, 0.25) is 0 Å². The van der Waals surface area contributed by atoms with Gasteiger partial charge in [0.25, 0.3) is 0 Å². The third kappa shape index (κ3) is 1.79. The monoisotopic (exact) mass is 228 g/mol. The fraction of sp³-hybridized carbons (Fsp3) is 0.455. The number of hydrogen-bond acceptors (Lipinski definition) is 2. The van der Waals surface area contributed by atoms with Gasteiger partial charge in [0.05, 0.1) is 5.60 Å². The molecule has 0 radical (unpaired) electrons. The van der Waals surface area contributed by atoms with Crippen molar-refractivity contribution in [2.24, 2.45) is 0 Å². The highest BCUT2D eigenvalue weighted by Crippen LogP contribution is 2.37. The number of benzene rings is 1. The summed E-state index contributed by atoms with van der Waals surface area (Å²) in [6.07, 6.45) is 0.846. The molecule has 0 aliphatic carbocycles. The second kappa shape index (κ2) is 3.76. The van der Waals surface area contributed by atoms with Gasteiger partial charge >= 0.3 is 0 Å². The van der Waals surface area contributed by atoms with Crippen LogP contribution in [0.25, 0.3) is 0 Å². The average Bonchev–Trinajstić information content (AvgIpc) is 2.58. The Morgan fingerprint density at radius 1 is 1.50 bits per heavy atom. The fourth-order valence-electron chi connectivity index (χ4n) is 1.72. The third-order valence-electron chi connectivity index (χ3n) is 2.70. The van der Waals surface area contributed by atoms with E-state index in [0.717, 1.165) is 34.1 Å². The van der Waals surface area contributed by atoms with Gasteiger partial charge in [-0.3, -0.25) is 0 Å². The quantitative estimate of drug-likeness (QED) is 0.798. The molecule has 1 fully saturated rings. The highest BCUT2D eigenvalue weighted by Gasteiger charge is 2.33. The molecule has 1 N–H and O–H groups in total. The minimum Gasteiger partial charge on any atom is -0.384 e. The van der Waals surface area contributed by atoms with E-state index in [1.165, 1.54) is 0 Å². The SMILES string of the molecule is Cc1cc(C2(O)CCSC2)ccc1Cl. The molecule has 76 valence electrons. The molecule has 1 aliphatic heterocycles. The van der Waals surface area contributed by atoms with Crippen LogP contribution in [0.1, 0.15) is 17.5 Å². The Labute approximate surface area is 93.5 Å². The van der Waals surface area contributed by atoms with Crippen molar-refractivity contribution < 1.29 is 5.11 Å². The second-order valence-corrected chi connectivity index (χ2v) is 5.31. The number of aryl methyl sites for hydroxylation is 1. The van der Waals surface area contributed by atoms with Crippen molar-refractivity contribution in [3.63, 3.8) is 0 Å². The molecule has 3 heteroatoms. The van der Waals surface area contributed by atoms with E-state index >= 15 is 0 Å². The smallest absolute Gasteiger partial charge is 0.0994 e. The molecule has 1 heterocycles. The Morgan fingerprint density at radius 2 is 2.29 bits per heavy atom. The highest BCUT2D eigenvalue weighted by atomic mass is 35.5. The van der Waals surface area contributed by atoms with E-state index in [2.05, 4.69) is 0 Å². The lowest BCUT2D eigenvalue weighted by molar-refractivity contribution is 0.0657. The Bertz CT molecular complexity index is 345. The maximum Gasteiger partial charge on any atom is 0.0994 e. The van der Waals surface area contributed by atoms with Gasteiger partial charge in [-0.2, -0.15) is 11.8 Å². The van der Waals surface area contributed by atoms with Crippen molar-refractivity contribution in [3.05, 3.63) is 34.3 Å². The summed E-state index contributed by atoms with van der Waals surface area (Å²) in [6.45, 7) is 1.97. The Balaban J connectivity index is 2.36. The van der Waals surface area contributed by atoms with Crippen molar-refractivity contribution in [3.8, 4) is 0 Å². The predicted molar refractivity (Wildman–Crippen MR) is 62.0 cm³/mol. The van der Waals surface area contributed by atoms with E-state index in [4.69, 9.17) is 11.6 Å². The van der Waals surface area contributed by atoms with Crippen LogP contribution < -0.4 is 0 Å². The standard InChI is InChI=1S/C11H13ClOS/c1-8-6-9(2-3-10(8)12)11(13)4-5-14-7-11/h2-3,6,13H,4-5,7H2,1H3. The zero-order valence-electron chi connectivity index (χ0n) is 8.09. The highest BCUT2D eigenvalue weighted by molar-refractivity contribution is 7.99. The molecule has 1 aliphatic rings. The molecule has 0 aromatic heterocycles. The number of rotatable bonds is 1. The molecule has 1 saturated heterocycles. The van der Waals surface area contributed by atoms with Crippen molar-refractivity contribution in [1.82, 2.24) is 0 Å². The first kappa shape index (κ1) is 10.3. The molecule has 1 nitrogen and oxygen atoms in total. The summed E-state index contributed by atoms with van der Waals surface area (Å²) in [4.78, 5) is 0. The Kier molecular flexibility index (Phi) is 2.78. The van der Waals surface area contributed by atoms with Gasteiger partial charge in [0.15, 0.2) is 0 Å². The van der Waals surface area contributed by atoms with Crippen LogP contribution in [0.5, 0.6) is 0 Å². The predicted octanol–water partition coefficient (Wildman–Crippen LogP) is 2.97. The molecule has 1 aromatic carbocycles. The molecule has 1 unspecified atom stereocenters. The van der Waals surface area contributed by atoms with E-state index in [9.17, 15) is 5.11 Å². The zero-order chi connectivity index (χ0) is 10.2. The average molecular weight is 229 g/mol. The summed E-state index contributed by atoms with van der Waals surface area (Å²) >= 11 is 7.75. The molecular formula is C11H13ClOS. The summed E-state index contributed by atoms with van der Waals surface area (Å²) in [7, 11) is 0. The number of aliphatic hydroxyl groups is 1. The van der Waals surface area contributed by atoms with Crippen LogP contribution >= 0.6 is 23.4 Å². The molecule has 0 amide bonds. The molecular weight excluding hydrogens is 216 g/mol. The molecule has 14 heavy (non-hydrogen) atoms. The van der Waals surface area contributed by atoms with Crippen LogP contribution in [-0.4, -0.2) is 16.6 Å². The normalized spacial score (nSPS) is 26.8. The van der Waals surface area contributed by atoms with Gasteiger partial charge < -0.3 is 5.11 Å². The Morgan fingerprint density at radius 3 is 2.86 bits per heavy atom. The van der Waals surface area contributed by atoms with E-state index in [0.29, 0.717) is 0 Å². The van der Waals surface area contributed by atoms with Crippen LogP contribution in [0.4, 0.5) is 0 Å². The molecule has 0 bridgehead atoms. The third-order valence-corrected chi connectivity index (χ3v) is 4.29. The van der Waals surface area contributed by atoms with Gasteiger partial charge in [-0.25, -0.2) is 0 Å². The second-order valence-electron chi connectivity index (χ2n) is 3.80. The lowest BCUT2D eigenvalue weighted by Gasteiger charge is -2.22.